The first kappa shape index (κ1) is 9.34. The summed E-state index contributed by atoms with van der Waals surface area (Å²) in [5.74, 6) is 0.882. The Labute approximate surface area is 74.1 Å². The van der Waals surface area contributed by atoms with Crippen molar-refractivity contribution in [3.05, 3.63) is 0 Å². The summed E-state index contributed by atoms with van der Waals surface area (Å²) in [6, 6.07) is 0. The zero-order chi connectivity index (χ0) is 8.10. The van der Waals surface area contributed by atoms with Gasteiger partial charge in [-0.2, -0.15) is 0 Å². The van der Waals surface area contributed by atoms with Crippen molar-refractivity contribution in [3.63, 3.8) is 0 Å². The first-order chi connectivity index (χ1) is 5.33. The van der Waals surface area contributed by atoms with Crippen molar-refractivity contribution in [2.45, 2.75) is 37.5 Å². The van der Waals surface area contributed by atoms with E-state index in [2.05, 4.69) is 0 Å². The minimum absolute atomic E-state index is 0.461. The number of hydrogen-bond acceptors (Lipinski definition) is 1. The first-order valence-electron chi connectivity index (χ1n) is 4.46. The molecule has 0 spiro atoms. The lowest BCUT2D eigenvalue weighted by atomic mass is 10.0. The Bertz CT molecular complexity index is 106. The maximum Gasteiger partial charge on any atom is 0.0462 e. The van der Waals surface area contributed by atoms with Gasteiger partial charge in [-0.3, -0.25) is 0 Å². The van der Waals surface area contributed by atoms with Crippen LogP contribution >= 0.6 is 11.6 Å². The highest BCUT2D eigenvalue weighted by molar-refractivity contribution is 6.20. The third-order valence-electron chi connectivity index (χ3n) is 2.44. The monoisotopic (exact) mass is 176 g/mol. The standard InChI is InChI=1S/C9H17ClO/c1-11-6-2-3-8-4-5-9(10)7-8/h8-9H,2-7H2,1H3. The fourth-order valence-electron chi connectivity index (χ4n) is 1.79. The molecule has 1 aliphatic rings. The molecule has 0 aromatic rings. The van der Waals surface area contributed by atoms with Crippen LogP contribution in [0.3, 0.4) is 0 Å². The summed E-state index contributed by atoms with van der Waals surface area (Å²) in [7, 11) is 1.76. The SMILES string of the molecule is COCCCC1CCC(Cl)C1. The Morgan fingerprint density at radius 3 is 2.82 bits per heavy atom. The second-order valence-corrected chi connectivity index (χ2v) is 4.03. The molecule has 66 valence electrons. The van der Waals surface area contributed by atoms with E-state index in [-0.39, 0.29) is 0 Å². The van der Waals surface area contributed by atoms with Gasteiger partial charge in [0.05, 0.1) is 0 Å². The van der Waals surface area contributed by atoms with Gasteiger partial charge in [0.1, 0.15) is 0 Å². The van der Waals surface area contributed by atoms with E-state index in [4.69, 9.17) is 16.3 Å². The molecule has 11 heavy (non-hydrogen) atoms. The molecule has 1 saturated carbocycles. The van der Waals surface area contributed by atoms with Crippen molar-refractivity contribution in [1.82, 2.24) is 0 Å². The Hall–Kier alpha value is 0.250. The van der Waals surface area contributed by atoms with Gasteiger partial charge >= 0.3 is 0 Å². The lowest BCUT2D eigenvalue weighted by molar-refractivity contribution is 0.187. The quantitative estimate of drug-likeness (QED) is 0.473. The summed E-state index contributed by atoms with van der Waals surface area (Å²) in [5.41, 5.74) is 0. The van der Waals surface area contributed by atoms with Gasteiger partial charge in [0, 0.05) is 19.1 Å². The van der Waals surface area contributed by atoms with Gasteiger partial charge in [-0.25, -0.2) is 0 Å². The number of methoxy groups -OCH3 is 1. The maximum atomic E-state index is 5.99. The van der Waals surface area contributed by atoms with Crippen LogP contribution in [-0.2, 0) is 4.74 Å². The molecule has 0 bridgehead atoms. The first-order valence-corrected chi connectivity index (χ1v) is 4.89. The van der Waals surface area contributed by atoms with Crippen LogP contribution in [0.2, 0.25) is 0 Å². The van der Waals surface area contributed by atoms with Crippen LogP contribution in [0.25, 0.3) is 0 Å². The van der Waals surface area contributed by atoms with E-state index in [1.807, 2.05) is 0 Å². The second-order valence-electron chi connectivity index (χ2n) is 3.41. The van der Waals surface area contributed by atoms with Crippen LogP contribution in [-0.4, -0.2) is 19.1 Å². The molecule has 0 aromatic heterocycles. The van der Waals surface area contributed by atoms with Crippen molar-refractivity contribution >= 4 is 11.6 Å². The maximum absolute atomic E-state index is 5.99. The molecule has 2 atom stereocenters. The van der Waals surface area contributed by atoms with Crippen molar-refractivity contribution in [2.75, 3.05) is 13.7 Å². The van der Waals surface area contributed by atoms with Crippen molar-refractivity contribution < 1.29 is 4.74 Å². The molecule has 2 unspecified atom stereocenters. The van der Waals surface area contributed by atoms with Gasteiger partial charge in [0.2, 0.25) is 0 Å². The molecule has 0 radical (unpaired) electrons. The molecule has 0 N–H and O–H groups in total. The fraction of sp³-hybridized carbons (Fsp3) is 1.00. The predicted octanol–water partition coefficient (Wildman–Crippen LogP) is 2.82. The van der Waals surface area contributed by atoms with Crippen molar-refractivity contribution in [3.8, 4) is 0 Å². The third kappa shape index (κ3) is 3.44. The molecule has 2 heteroatoms. The van der Waals surface area contributed by atoms with Gasteiger partial charge in [0.15, 0.2) is 0 Å². The molecule has 0 amide bonds. The highest BCUT2D eigenvalue weighted by Gasteiger charge is 2.21. The largest absolute Gasteiger partial charge is 0.385 e. The summed E-state index contributed by atoms with van der Waals surface area (Å²) in [5, 5.41) is 0.461. The zero-order valence-corrected chi connectivity index (χ0v) is 7.94. The van der Waals surface area contributed by atoms with Gasteiger partial charge in [0.25, 0.3) is 0 Å². The topological polar surface area (TPSA) is 9.23 Å². The average molecular weight is 177 g/mol. The summed E-state index contributed by atoms with van der Waals surface area (Å²) >= 11 is 5.99. The van der Waals surface area contributed by atoms with E-state index in [0.29, 0.717) is 5.38 Å². The van der Waals surface area contributed by atoms with E-state index in [1.165, 1.54) is 32.1 Å². The molecular formula is C9H17ClO. The van der Waals surface area contributed by atoms with E-state index < -0.39 is 0 Å². The Morgan fingerprint density at radius 2 is 2.27 bits per heavy atom. The van der Waals surface area contributed by atoms with Crippen LogP contribution in [0.4, 0.5) is 0 Å². The van der Waals surface area contributed by atoms with Crippen LogP contribution in [0.5, 0.6) is 0 Å². The van der Waals surface area contributed by atoms with Gasteiger partial charge < -0.3 is 4.74 Å². The molecular weight excluding hydrogens is 160 g/mol. The Morgan fingerprint density at radius 1 is 1.45 bits per heavy atom. The minimum Gasteiger partial charge on any atom is -0.385 e. The number of halogens is 1. The summed E-state index contributed by atoms with van der Waals surface area (Å²) in [6.45, 7) is 0.906. The third-order valence-corrected chi connectivity index (χ3v) is 2.83. The molecule has 0 aliphatic heterocycles. The van der Waals surface area contributed by atoms with Crippen LogP contribution < -0.4 is 0 Å². The summed E-state index contributed by atoms with van der Waals surface area (Å²) in [6.07, 6.45) is 6.28. The van der Waals surface area contributed by atoms with Crippen molar-refractivity contribution in [2.24, 2.45) is 5.92 Å². The number of hydrogen-bond donors (Lipinski definition) is 0. The van der Waals surface area contributed by atoms with Crippen LogP contribution in [0.1, 0.15) is 32.1 Å². The lowest BCUT2D eigenvalue weighted by Gasteiger charge is -2.07. The fourth-order valence-corrected chi connectivity index (χ4v) is 2.17. The Kier molecular flexibility index (Phi) is 4.24. The Balaban J connectivity index is 1.99. The van der Waals surface area contributed by atoms with E-state index >= 15 is 0 Å². The molecule has 1 rings (SSSR count). The van der Waals surface area contributed by atoms with Gasteiger partial charge in [-0.15, -0.1) is 11.6 Å². The van der Waals surface area contributed by atoms with Crippen LogP contribution in [0, 0.1) is 5.92 Å². The number of alkyl halides is 1. The number of ether oxygens (including phenoxy) is 1. The summed E-state index contributed by atoms with van der Waals surface area (Å²) < 4.78 is 5.00. The van der Waals surface area contributed by atoms with E-state index in [1.54, 1.807) is 7.11 Å². The lowest BCUT2D eigenvalue weighted by Crippen LogP contribution is -1.98. The molecule has 0 heterocycles. The summed E-state index contributed by atoms with van der Waals surface area (Å²) in [4.78, 5) is 0. The highest BCUT2D eigenvalue weighted by atomic mass is 35.5. The second kappa shape index (κ2) is 5.00. The zero-order valence-electron chi connectivity index (χ0n) is 7.18. The highest BCUT2D eigenvalue weighted by Crippen LogP contribution is 2.32. The van der Waals surface area contributed by atoms with Crippen molar-refractivity contribution in [1.29, 1.82) is 0 Å². The molecule has 0 saturated heterocycles. The minimum atomic E-state index is 0.461. The normalized spacial score (nSPS) is 31.1. The molecule has 1 nitrogen and oxygen atoms in total. The van der Waals surface area contributed by atoms with Gasteiger partial charge in [-0.05, 0) is 38.0 Å². The average Bonchev–Trinajstić information content (AvgIpc) is 2.37. The smallest absolute Gasteiger partial charge is 0.0462 e. The molecule has 1 aliphatic carbocycles. The molecule has 0 aromatic carbocycles. The van der Waals surface area contributed by atoms with Gasteiger partial charge in [-0.1, -0.05) is 0 Å². The molecule has 1 fully saturated rings. The predicted molar refractivity (Wildman–Crippen MR) is 48.1 cm³/mol. The van der Waals surface area contributed by atoms with E-state index in [0.717, 1.165) is 12.5 Å². The number of rotatable bonds is 4. The van der Waals surface area contributed by atoms with Crippen LogP contribution in [0.15, 0.2) is 0 Å². The van der Waals surface area contributed by atoms with E-state index in [9.17, 15) is 0 Å².